The zero-order valence-corrected chi connectivity index (χ0v) is 12.3. The molecule has 102 valence electrons. The topological polar surface area (TPSA) is 48.4 Å². The fourth-order valence-corrected chi connectivity index (χ4v) is 2.54. The molecule has 0 fully saturated rings. The van der Waals surface area contributed by atoms with Gasteiger partial charge >= 0.3 is 0 Å². The second kappa shape index (κ2) is 5.87. The number of furan rings is 1. The molecule has 0 spiro atoms. The maximum Gasteiger partial charge on any atom is 0.138 e. The van der Waals surface area contributed by atoms with E-state index < -0.39 is 0 Å². The molecule has 3 nitrogen and oxygen atoms in total. The largest absolute Gasteiger partial charge is 0.495 e. The Labute approximate surface area is 122 Å². The van der Waals surface area contributed by atoms with E-state index in [1.807, 2.05) is 13.0 Å². The molecule has 1 aromatic carbocycles. The van der Waals surface area contributed by atoms with Crippen LogP contribution < -0.4 is 10.5 Å². The molecule has 1 aromatic heterocycles. The van der Waals surface area contributed by atoms with Crippen molar-refractivity contribution in [2.45, 2.75) is 19.4 Å². The Morgan fingerprint density at radius 3 is 2.63 bits per heavy atom. The fraction of sp³-hybridized carbons (Fsp3) is 0.286. The van der Waals surface area contributed by atoms with E-state index in [4.69, 9.17) is 38.1 Å². The lowest BCUT2D eigenvalue weighted by Crippen LogP contribution is -2.13. The van der Waals surface area contributed by atoms with Crippen molar-refractivity contribution in [2.24, 2.45) is 5.73 Å². The van der Waals surface area contributed by atoms with Gasteiger partial charge in [0.1, 0.15) is 11.5 Å². The van der Waals surface area contributed by atoms with E-state index >= 15 is 0 Å². The van der Waals surface area contributed by atoms with Crippen LogP contribution in [0.4, 0.5) is 0 Å². The fourth-order valence-electron chi connectivity index (χ4n) is 2.02. The van der Waals surface area contributed by atoms with Crippen LogP contribution in [-0.2, 0) is 6.42 Å². The molecule has 0 aliphatic carbocycles. The van der Waals surface area contributed by atoms with Crippen LogP contribution in [0.2, 0.25) is 10.0 Å². The third-order valence-electron chi connectivity index (χ3n) is 3.04. The minimum atomic E-state index is -0.371. The monoisotopic (exact) mass is 299 g/mol. The average Bonchev–Trinajstić information content (AvgIpc) is 2.88. The van der Waals surface area contributed by atoms with Gasteiger partial charge in [0.2, 0.25) is 0 Å². The summed E-state index contributed by atoms with van der Waals surface area (Å²) in [5, 5.41) is 1.01. The van der Waals surface area contributed by atoms with Crippen LogP contribution in [0.25, 0.3) is 0 Å². The van der Waals surface area contributed by atoms with Crippen LogP contribution in [0.15, 0.2) is 28.9 Å². The van der Waals surface area contributed by atoms with Gasteiger partial charge in [0.05, 0.1) is 24.4 Å². The van der Waals surface area contributed by atoms with Crippen LogP contribution in [0.5, 0.6) is 5.75 Å². The number of benzene rings is 1. The van der Waals surface area contributed by atoms with Gasteiger partial charge in [-0.1, -0.05) is 30.1 Å². The minimum Gasteiger partial charge on any atom is -0.495 e. The number of hydrogen-bond acceptors (Lipinski definition) is 3. The first kappa shape index (κ1) is 14.3. The molecule has 0 radical (unpaired) electrons. The zero-order valence-electron chi connectivity index (χ0n) is 10.7. The molecule has 0 aliphatic heterocycles. The summed E-state index contributed by atoms with van der Waals surface area (Å²) < 4.78 is 10.5. The highest BCUT2D eigenvalue weighted by molar-refractivity contribution is 6.34. The number of methoxy groups -OCH3 is 1. The highest BCUT2D eigenvalue weighted by Crippen LogP contribution is 2.36. The Morgan fingerprint density at radius 2 is 2.00 bits per heavy atom. The van der Waals surface area contributed by atoms with Gasteiger partial charge in [-0.2, -0.15) is 0 Å². The Bertz CT molecular complexity index is 581. The molecule has 0 bridgehead atoms. The van der Waals surface area contributed by atoms with E-state index in [-0.39, 0.29) is 6.04 Å². The molecule has 0 aliphatic rings. The summed E-state index contributed by atoms with van der Waals surface area (Å²) in [7, 11) is 1.54. The van der Waals surface area contributed by atoms with Crippen molar-refractivity contribution in [2.75, 3.05) is 7.11 Å². The van der Waals surface area contributed by atoms with Gasteiger partial charge in [0.25, 0.3) is 0 Å². The van der Waals surface area contributed by atoms with E-state index in [0.29, 0.717) is 15.8 Å². The van der Waals surface area contributed by atoms with Crippen molar-refractivity contribution >= 4 is 23.2 Å². The quantitative estimate of drug-likeness (QED) is 0.920. The summed E-state index contributed by atoms with van der Waals surface area (Å²) in [6.45, 7) is 2.01. The highest BCUT2D eigenvalue weighted by Gasteiger charge is 2.19. The molecule has 19 heavy (non-hydrogen) atoms. The van der Waals surface area contributed by atoms with Crippen LogP contribution in [0, 0.1) is 0 Å². The molecular formula is C14H15Cl2NO2. The van der Waals surface area contributed by atoms with E-state index in [2.05, 4.69) is 0 Å². The Kier molecular flexibility index (Phi) is 4.40. The summed E-state index contributed by atoms with van der Waals surface area (Å²) in [4.78, 5) is 0. The number of ether oxygens (including phenoxy) is 1. The SMILES string of the molecule is CCc1occc1C(N)c1cc(Cl)c(OC)cc1Cl. The number of aryl methyl sites for hydroxylation is 1. The van der Waals surface area contributed by atoms with Crippen molar-refractivity contribution < 1.29 is 9.15 Å². The first-order valence-electron chi connectivity index (χ1n) is 5.93. The van der Waals surface area contributed by atoms with Gasteiger partial charge in [0, 0.05) is 23.1 Å². The second-order valence-electron chi connectivity index (χ2n) is 4.14. The predicted octanol–water partition coefficient (Wildman–Crippen LogP) is 4.21. The molecule has 0 saturated heterocycles. The van der Waals surface area contributed by atoms with Crippen molar-refractivity contribution in [1.29, 1.82) is 0 Å². The maximum absolute atomic E-state index is 6.25. The molecule has 2 rings (SSSR count). The Morgan fingerprint density at radius 1 is 1.26 bits per heavy atom. The molecule has 1 unspecified atom stereocenters. The zero-order chi connectivity index (χ0) is 14.0. The molecule has 0 amide bonds. The summed E-state index contributed by atoms with van der Waals surface area (Å²) in [6.07, 6.45) is 2.41. The summed E-state index contributed by atoms with van der Waals surface area (Å²) in [5.41, 5.74) is 7.93. The molecule has 2 N–H and O–H groups in total. The van der Waals surface area contributed by atoms with E-state index in [1.54, 1.807) is 25.5 Å². The first-order chi connectivity index (χ1) is 9.08. The molecule has 5 heteroatoms. The Hall–Kier alpha value is -1.16. The third kappa shape index (κ3) is 2.73. The van der Waals surface area contributed by atoms with E-state index in [9.17, 15) is 0 Å². The van der Waals surface area contributed by atoms with Crippen LogP contribution >= 0.6 is 23.2 Å². The number of hydrogen-bond donors (Lipinski definition) is 1. The molecule has 2 aromatic rings. The molecular weight excluding hydrogens is 285 g/mol. The van der Waals surface area contributed by atoms with Crippen molar-refractivity contribution in [1.82, 2.24) is 0 Å². The van der Waals surface area contributed by atoms with E-state index in [1.165, 1.54) is 0 Å². The molecule has 0 saturated carbocycles. The van der Waals surface area contributed by atoms with Gasteiger partial charge in [-0.05, 0) is 17.7 Å². The normalized spacial score (nSPS) is 12.5. The lowest BCUT2D eigenvalue weighted by Gasteiger charge is -2.15. The number of nitrogens with two attached hydrogens (primary N) is 1. The lowest BCUT2D eigenvalue weighted by molar-refractivity contribution is 0.415. The third-order valence-corrected chi connectivity index (χ3v) is 3.66. The van der Waals surface area contributed by atoms with Gasteiger partial charge in [0.15, 0.2) is 0 Å². The summed E-state index contributed by atoms with van der Waals surface area (Å²) in [5.74, 6) is 1.39. The first-order valence-corrected chi connectivity index (χ1v) is 6.68. The van der Waals surface area contributed by atoms with Gasteiger partial charge in [-0.15, -0.1) is 0 Å². The van der Waals surface area contributed by atoms with Crippen molar-refractivity contribution in [3.05, 3.63) is 51.4 Å². The maximum atomic E-state index is 6.25. The van der Waals surface area contributed by atoms with Crippen LogP contribution in [0.3, 0.4) is 0 Å². The minimum absolute atomic E-state index is 0.371. The number of halogens is 2. The van der Waals surface area contributed by atoms with Crippen molar-refractivity contribution in [3.63, 3.8) is 0 Å². The number of rotatable bonds is 4. The predicted molar refractivity (Wildman–Crippen MR) is 77.1 cm³/mol. The summed E-state index contributed by atoms with van der Waals surface area (Å²) in [6, 6.07) is 4.90. The smallest absolute Gasteiger partial charge is 0.138 e. The second-order valence-corrected chi connectivity index (χ2v) is 4.95. The van der Waals surface area contributed by atoms with Crippen molar-refractivity contribution in [3.8, 4) is 5.75 Å². The van der Waals surface area contributed by atoms with Crippen LogP contribution in [-0.4, -0.2) is 7.11 Å². The highest BCUT2D eigenvalue weighted by atomic mass is 35.5. The average molecular weight is 300 g/mol. The van der Waals surface area contributed by atoms with Gasteiger partial charge < -0.3 is 14.9 Å². The molecule has 1 atom stereocenters. The summed E-state index contributed by atoms with van der Waals surface area (Å²) >= 11 is 12.4. The Balaban J connectivity index is 2.44. The standard InChI is InChI=1S/C14H15Cl2NO2/c1-3-12-8(4-5-19-12)14(17)9-6-11(16)13(18-2)7-10(9)15/h4-7,14H,3,17H2,1-2H3. The van der Waals surface area contributed by atoms with Crippen LogP contribution in [0.1, 0.15) is 29.9 Å². The van der Waals surface area contributed by atoms with Gasteiger partial charge in [-0.3, -0.25) is 0 Å². The lowest BCUT2D eigenvalue weighted by atomic mass is 9.99. The molecule has 1 heterocycles. The van der Waals surface area contributed by atoms with E-state index in [0.717, 1.165) is 23.3 Å². The van der Waals surface area contributed by atoms with Gasteiger partial charge in [-0.25, -0.2) is 0 Å².